The third-order valence-electron chi connectivity index (χ3n) is 4.89. The number of nitrogens with one attached hydrogen (secondary N) is 1. The van der Waals surface area contributed by atoms with E-state index in [-0.39, 0.29) is 24.1 Å². The Labute approximate surface area is 145 Å². The second kappa shape index (κ2) is 6.31. The zero-order chi connectivity index (χ0) is 18.3. The normalized spacial score (nSPS) is 20.2. The average Bonchev–Trinajstić information content (AvgIpc) is 2.99. The quantitative estimate of drug-likeness (QED) is 0.929. The van der Waals surface area contributed by atoms with Crippen LogP contribution in [0, 0.1) is 25.6 Å². The Bertz CT molecular complexity index is 828. The highest BCUT2D eigenvalue weighted by Gasteiger charge is 2.43. The van der Waals surface area contributed by atoms with Crippen LogP contribution in [0.2, 0.25) is 0 Å². The number of likely N-dealkylation sites (tertiary alicyclic amines) is 1. The summed E-state index contributed by atoms with van der Waals surface area (Å²) in [7, 11) is 3.48. The maximum Gasteiger partial charge on any atom is 0.230 e. The van der Waals surface area contributed by atoms with Gasteiger partial charge in [-0.25, -0.2) is 4.39 Å². The molecule has 2 amide bonds. The molecule has 1 saturated heterocycles. The highest BCUT2D eigenvalue weighted by atomic mass is 19.1. The predicted octanol–water partition coefficient (Wildman–Crippen LogP) is 2.33. The third-order valence-corrected chi connectivity index (χ3v) is 4.89. The van der Waals surface area contributed by atoms with Crippen molar-refractivity contribution in [2.75, 3.05) is 12.4 Å². The van der Waals surface area contributed by atoms with E-state index >= 15 is 0 Å². The molecule has 25 heavy (non-hydrogen) atoms. The molecule has 0 unspecified atom stereocenters. The van der Waals surface area contributed by atoms with Crippen LogP contribution in [0.15, 0.2) is 24.3 Å². The molecule has 1 aliphatic heterocycles. The van der Waals surface area contributed by atoms with Crippen LogP contribution in [0.5, 0.6) is 0 Å². The van der Waals surface area contributed by atoms with Gasteiger partial charge in [0.25, 0.3) is 0 Å². The maximum absolute atomic E-state index is 13.2. The molecule has 0 saturated carbocycles. The number of aryl methyl sites for hydroxylation is 2. The lowest BCUT2D eigenvalue weighted by atomic mass is 9.92. The van der Waals surface area contributed by atoms with Crippen LogP contribution in [-0.4, -0.2) is 33.5 Å². The van der Waals surface area contributed by atoms with Gasteiger partial charge in [0.05, 0.1) is 29.0 Å². The summed E-state index contributed by atoms with van der Waals surface area (Å²) in [5.41, 5.74) is 2.99. The van der Waals surface area contributed by atoms with E-state index in [1.165, 1.54) is 12.1 Å². The van der Waals surface area contributed by atoms with Crippen molar-refractivity contribution in [1.29, 1.82) is 0 Å². The van der Waals surface area contributed by atoms with E-state index < -0.39 is 12.0 Å². The van der Waals surface area contributed by atoms with Crippen molar-refractivity contribution < 1.29 is 14.0 Å². The van der Waals surface area contributed by atoms with Gasteiger partial charge in [-0.2, -0.15) is 5.10 Å². The molecule has 2 heterocycles. The first-order valence-corrected chi connectivity index (χ1v) is 8.11. The lowest BCUT2D eigenvalue weighted by molar-refractivity contribution is -0.127. The zero-order valence-corrected chi connectivity index (χ0v) is 14.7. The van der Waals surface area contributed by atoms with Crippen molar-refractivity contribution in [1.82, 2.24) is 14.7 Å². The maximum atomic E-state index is 13.2. The molecule has 2 atom stereocenters. The fraction of sp³-hybridized carbons (Fsp3) is 0.389. The van der Waals surface area contributed by atoms with Crippen LogP contribution in [0.4, 0.5) is 10.1 Å². The molecule has 1 N–H and O–H groups in total. The van der Waals surface area contributed by atoms with Gasteiger partial charge in [-0.15, -0.1) is 0 Å². The fourth-order valence-corrected chi connectivity index (χ4v) is 3.39. The number of anilines is 1. The van der Waals surface area contributed by atoms with Crippen LogP contribution >= 0.6 is 0 Å². The van der Waals surface area contributed by atoms with Crippen molar-refractivity contribution in [3.05, 3.63) is 47.0 Å². The summed E-state index contributed by atoms with van der Waals surface area (Å²) in [6, 6.07) is 5.52. The van der Waals surface area contributed by atoms with Crippen LogP contribution in [-0.2, 0) is 16.6 Å². The summed E-state index contributed by atoms with van der Waals surface area (Å²) in [5.74, 6) is -1.22. The molecule has 1 aromatic heterocycles. The molecule has 3 rings (SSSR count). The minimum absolute atomic E-state index is 0.103. The number of hydrogen-bond donors (Lipinski definition) is 1. The average molecular weight is 344 g/mol. The van der Waals surface area contributed by atoms with Crippen molar-refractivity contribution in [2.45, 2.75) is 26.3 Å². The third kappa shape index (κ3) is 3.01. The summed E-state index contributed by atoms with van der Waals surface area (Å²) >= 11 is 0. The van der Waals surface area contributed by atoms with Gasteiger partial charge in [-0.3, -0.25) is 14.3 Å². The Kier molecular flexibility index (Phi) is 4.32. The van der Waals surface area contributed by atoms with Gasteiger partial charge in [0, 0.05) is 20.5 Å². The molecule has 2 aromatic rings. The molecular weight excluding hydrogens is 323 g/mol. The van der Waals surface area contributed by atoms with Gasteiger partial charge >= 0.3 is 0 Å². The molecule has 0 spiro atoms. The monoisotopic (exact) mass is 344 g/mol. The molecule has 1 aromatic carbocycles. The Hall–Kier alpha value is -2.70. The van der Waals surface area contributed by atoms with Crippen LogP contribution in [0.1, 0.15) is 29.4 Å². The Morgan fingerprint density at radius 1 is 1.24 bits per heavy atom. The van der Waals surface area contributed by atoms with E-state index in [4.69, 9.17) is 0 Å². The SMILES string of the molecule is Cc1nn(C)c(C)c1NC(=O)[C@H]1CC(=O)N(C)[C@H]1c1ccc(F)cc1. The van der Waals surface area contributed by atoms with E-state index in [1.54, 1.807) is 28.8 Å². The Morgan fingerprint density at radius 3 is 2.44 bits per heavy atom. The number of carbonyl (C=O) groups is 2. The topological polar surface area (TPSA) is 67.2 Å². The second-order valence-corrected chi connectivity index (χ2v) is 6.47. The van der Waals surface area contributed by atoms with E-state index in [1.807, 2.05) is 20.9 Å². The summed E-state index contributed by atoms with van der Waals surface area (Å²) in [6.07, 6.45) is 0.128. The largest absolute Gasteiger partial charge is 0.338 e. The van der Waals surface area contributed by atoms with E-state index in [9.17, 15) is 14.0 Å². The minimum Gasteiger partial charge on any atom is -0.338 e. The number of aromatic nitrogens is 2. The van der Waals surface area contributed by atoms with Gasteiger partial charge in [0.1, 0.15) is 5.82 Å². The van der Waals surface area contributed by atoms with Gasteiger partial charge in [0.2, 0.25) is 11.8 Å². The number of nitrogens with zero attached hydrogens (tertiary/aromatic N) is 3. The molecule has 0 radical (unpaired) electrons. The van der Waals surface area contributed by atoms with Crippen LogP contribution in [0.3, 0.4) is 0 Å². The summed E-state index contributed by atoms with van der Waals surface area (Å²) in [5, 5.41) is 7.21. The van der Waals surface area contributed by atoms with Crippen molar-refractivity contribution >= 4 is 17.5 Å². The fourth-order valence-electron chi connectivity index (χ4n) is 3.39. The molecule has 1 aliphatic rings. The first-order chi connectivity index (χ1) is 11.8. The Morgan fingerprint density at radius 2 is 1.88 bits per heavy atom. The minimum atomic E-state index is -0.540. The first-order valence-electron chi connectivity index (χ1n) is 8.11. The van der Waals surface area contributed by atoms with Gasteiger partial charge < -0.3 is 10.2 Å². The molecule has 132 valence electrons. The smallest absolute Gasteiger partial charge is 0.230 e. The Balaban J connectivity index is 1.89. The number of halogens is 1. The van der Waals surface area contributed by atoms with Crippen molar-refractivity contribution in [3.8, 4) is 0 Å². The molecular formula is C18H21FN4O2. The van der Waals surface area contributed by atoms with Crippen molar-refractivity contribution in [3.63, 3.8) is 0 Å². The lowest BCUT2D eigenvalue weighted by Gasteiger charge is -2.25. The van der Waals surface area contributed by atoms with E-state index in [0.717, 1.165) is 17.0 Å². The first kappa shape index (κ1) is 17.1. The lowest BCUT2D eigenvalue weighted by Crippen LogP contribution is -2.30. The van der Waals surface area contributed by atoms with Gasteiger partial charge in [-0.1, -0.05) is 12.1 Å². The molecule has 1 fully saturated rings. The number of carbonyl (C=O) groups excluding carboxylic acids is 2. The highest BCUT2D eigenvalue weighted by Crippen LogP contribution is 2.38. The van der Waals surface area contributed by atoms with E-state index in [0.29, 0.717) is 5.69 Å². The molecule has 0 bridgehead atoms. The van der Waals surface area contributed by atoms with Crippen LogP contribution in [0.25, 0.3) is 0 Å². The molecule has 7 heteroatoms. The number of rotatable bonds is 3. The van der Waals surface area contributed by atoms with E-state index in [2.05, 4.69) is 10.4 Å². The number of hydrogen-bond acceptors (Lipinski definition) is 3. The predicted molar refractivity (Wildman–Crippen MR) is 91.3 cm³/mol. The highest BCUT2D eigenvalue weighted by molar-refractivity contribution is 5.98. The standard InChI is InChI=1S/C18H21FN4O2/c1-10-16(11(2)23(4)21-10)20-18(25)14-9-15(24)22(3)17(14)12-5-7-13(19)8-6-12/h5-8,14,17H,9H2,1-4H3,(H,20,25)/t14-,17-/m0/s1. The molecule has 0 aliphatic carbocycles. The van der Waals surface area contributed by atoms with Crippen molar-refractivity contribution in [2.24, 2.45) is 13.0 Å². The summed E-state index contributed by atoms with van der Waals surface area (Å²) in [4.78, 5) is 26.6. The summed E-state index contributed by atoms with van der Waals surface area (Å²) < 4.78 is 14.9. The molecule has 6 nitrogen and oxygen atoms in total. The van der Waals surface area contributed by atoms with Gasteiger partial charge in [0.15, 0.2) is 0 Å². The number of amides is 2. The second-order valence-electron chi connectivity index (χ2n) is 6.47. The van der Waals surface area contributed by atoms with Gasteiger partial charge in [-0.05, 0) is 31.5 Å². The summed E-state index contributed by atoms with van der Waals surface area (Å²) in [6.45, 7) is 3.70. The number of benzene rings is 1. The zero-order valence-electron chi connectivity index (χ0n) is 14.7. The van der Waals surface area contributed by atoms with Crippen LogP contribution < -0.4 is 5.32 Å².